The van der Waals surface area contributed by atoms with Gasteiger partial charge in [0.15, 0.2) is 0 Å². The van der Waals surface area contributed by atoms with Crippen molar-refractivity contribution in [3.05, 3.63) is 52.1 Å². The molecule has 3 N–H and O–H groups in total. The number of aromatic nitrogens is 1. The van der Waals surface area contributed by atoms with Gasteiger partial charge in [-0.3, -0.25) is 0 Å². The smallest absolute Gasteiger partial charge is 0.104 e. The molecule has 0 bridgehead atoms. The van der Waals surface area contributed by atoms with E-state index in [1.807, 2.05) is 18.2 Å². The van der Waals surface area contributed by atoms with Crippen LogP contribution >= 0.6 is 35.0 Å². The highest BCUT2D eigenvalue weighted by atomic mass is 35.5. The van der Waals surface area contributed by atoms with Gasteiger partial charge in [0.25, 0.3) is 0 Å². The lowest BCUT2D eigenvalue weighted by Crippen LogP contribution is -2.27. The Morgan fingerprint density at radius 2 is 2.10 bits per heavy atom. The Kier molecular flexibility index (Phi) is 5.69. The number of halogens is 2. The van der Waals surface area contributed by atoms with E-state index in [9.17, 15) is 0 Å². The van der Waals surface area contributed by atoms with E-state index in [1.165, 1.54) is 11.8 Å². The van der Waals surface area contributed by atoms with E-state index < -0.39 is 0 Å². The van der Waals surface area contributed by atoms with Gasteiger partial charge in [-0.25, -0.2) is 4.98 Å². The summed E-state index contributed by atoms with van der Waals surface area (Å²) in [6.07, 6.45) is 2.29. The first-order valence-corrected chi connectivity index (χ1v) is 7.60. The summed E-state index contributed by atoms with van der Waals surface area (Å²) in [6.45, 7) is -0.0549. The molecule has 1 aromatic heterocycles. The van der Waals surface area contributed by atoms with Crippen LogP contribution in [0.15, 0.2) is 46.5 Å². The third-order valence-electron chi connectivity index (χ3n) is 2.67. The molecule has 2 aromatic rings. The van der Waals surface area contributed by atoms with E-state index in [2.05, 4.69) is 4.98 Å². The number of hydrogen-bond acceptors (Lipinski definition) is 4. The highest BCUT2D eigenvalue weighted by molar-refractivity contribution is 7.99. The second-order valence-corrected chi connectivity index (χ2v) is 6.17. The Bertz CT molecular complexity index is 595. The first-order chi connectivity index (χ1) is 9.60. The minimum Gasteiger partial charge on any atom is -0.395 e. The lowest BCUT2D eigenvalue weighted by Gasteiger charge is -2.12. The molecule has 0 aliphatic rings. The number of nitrogens with two attached hydrogens (primary N) is 1. The highest BCUT2D eigenvalue weighted by Gasteiger charge is 2.11. The molecule has 0 saturated carbocycles. The summed E-state index contributed by atoms with van der Waals surface area (Å²) >= 11 is 13.5. The van der Waals surface area contributed by atoms with E-state index in [0.717, 1.165) is 15.5 Å². The Balaban J connectivity index is 2.24. The molecule has 0 saturated heterocycles. The Morgan fingerprint density at radius 3 is 2.80 bits per heavy atom. The van der Waals surface area contributed by atoms with Crippen molar-refractivity contribution >= 4 is 35.0 Å². The van der Waals surface area contributed by atoms with E-state index in [4.69, 9.17) is 34.0 Å². The number of aliphatic hydroxyl groups excluding tert-OH is 1. The molecule has 0 spiro atoms. The van der Waals surface area contributed by atoms with E-state index in [1.54, 1.807) is 18.3 Å². The fourth-order valence-electron chi connectivity index (χ4n) is 1.68. The van der Waals surface area contributed by atoms with Crippen LogP contribution in [-0.4, -0.2) is 22.7 Å². The Labute approximate surface area is 132 Å². The monoisotopic (exact) mass is 328 g/mol. The van der Waals surface area contributed by atoms with Crippen molar-refractivity contribution in [3.8, 4) is 0 Å². The van der Waals surface area contributed by atoms with Gasteiger partial charge in [0, 0.05) is 22.2 Å². The van der Waals surface area contributed by atoms with E-state index in [-0.39, 0.29) is 12.6 Å². The fourth-order valence-corrected chi connectivity index (χ4v) is 3.10. The molecule has 2 rings (SSSR count). The van der Waals surface area contributed by atoms with Crippen LogP contribution < -0.4 is 5.73 Å². The quantitative estimate of drug-likeness (QED) is 0.883. The second-order valence-electron chi connectivity index (χ2n) is 4.29. The maximum absolute atomic E-state index is 9.06. The van der Waals surface area contributed by atoms with Gasteiger partial charge in [-0.05, 0) is 36.2 Å². The summed E-state index contributed by atoms with van der Waals surface area (Å²) < 4.78 is 0. The zero-order chi connectivity index (χ0) is 14.5. The van der Waals surface area contributed by atoms with Gasteiger partial charge in [-0.2, -0.15) is 0 Å². The SMILES string of the molecule is NC(CO)Cc1cccnc1Sc1ccc(Cl)cc1Cl. The second kappa shape index (κ2) is 7.29. The summed E-state index contributed by atoms with van der Waals surface area (Å²) in [7, 11) is 0. The van der Waals surface area contributed by atoms with Gasteiger partial charge < -0.3 is 10.8 Å². The number of rotatable bonds is 5. The molecule has 0 aliphatic carbocycles. The van der Waals surface area contributed by atoms with Crippen LogP contribution in [0.1, 0.15) is 5.56 Å². The molecule has 6 heteroatoms. The van der Waals surface area contributed by atoms with E-state index in [0.29, 0.717) is 16.5 Å². The van der Waals surface area contributed by atoms with Crippen molar-refractivity contribution in [2.75, 3.05) is 6.61 Å². The Morgan fingerprint density at radius 1 is 1.30 bits per heavy atom. The third kappa shape index (κ3) is 4.11. The minimum absolute atomic E-state index is 0.0549. The van der Waals surface area contributed by atoms with Crippen LogP contribution in [0, 0.1) is 0 Å². The van der Waals surface area contributed by atoms with Crippen LogP contribution in [0.25, 0.3) is 0 Å². The number of pyridine rings is 1. The first kappa shape index (κ1) is 15.6. The number of hydrogen-bond donors (Lipinski definition) is 2. The van der Waals surface area contributed by atoms with Gasteiger partial charge in [0.05, 0.1) is 11.6 Å². The molecule has 0 fully saturated rings. The maximum atomic E-state index is 9.06. The zero-order valence-corrected chi connectivity index (χ0v) is 12.9. The summed E-state index contributed by atoms with van der Waals surface area (Å²) in [5, 5.41) is 11.1. The topological polar surface area (TPSA) is 59.1 Å². The predicted octanol–water partition coefficient (Wildman–Crippen LogP) is 3.40. The van der Waals surface area contributed by atoms with Crippen molar-refractivity contribution in [1.82, 2.24) is 4.98 Å². The van der Waals surface area contributed by atoms with Gasteiger partial charge >= 0.3 is 0 Å². The third-order valence-corrected chi connectivity index (χ3v) is 4.46. The normalized spacial score (nSPS) is 12.4. The molecule has 0 amide bonds. The van der Waals surface area contributed by atoms with Gasteiger partial charge in [0.2, 0.25) is 0 Å². The largest absolute Gasteiger partial charge is 0.395 e. The summed E-state index contributed by atoms with van der Waals surface area (Å²) in [5.41, 5.74) is 6.78. The molecule has 0 radical (unpaired) electrons. The molecular weight excluding hydrogens is 315 g/mol. The Hall–Kier alpha value is -0.780. The molecule has 1 atom stereocenters. The number of aliphatic hydroxyl groups is 1. The number of nitrogens with zero attached hydrogens (tertiary/aromatic N) is 1. The van der Waals surface area contributed by atoms with Gasteiger partial charge in [-0.1, -0.05) is 41.0 Å². The molecule has 106 valence electrons. The van der Waals surface area contributed by atoms with Gasteiger partial charge in [0.1, 0.15) is 5.03 Å². The van der Waals surface area contributed by atoms with E-state index >= 15 is 0 Å². The standard InChI is InChI=1S/C14H14Cl2N2OS/c15-10-3-4-13(12(16)7-10)20-14-9(2-1-5-18-14)6-11(17)8-19/h1-5,7,11,19H,6,8,17H2. The fraction of sp³-hybridized carbons (Fsp3) is 0.214. The lowest BCUT2D eigenvalue weighted by atomic mass is 10.1. The minimum atomic E-state index is -0.292. The van der Waals surface area contributed by atoms with Crippen molar-refractivity contribution in [2.45, 2.75) is 22.4 Å². The average molecular weight is 329 g/mol. The lowest BCUT2D eigenvalue weighted by molar-refractivity contribution is 0.265. The molecule has 1 heterocycles. The first-order valence-electron chi connectivity index (χ1n) is 6.03. The van der Waals surface area contributed by atoms with Gasteiger partial charge in [-0.15, -0.1) is 0 Å². The summed E-state index contributed by atoms with van der Waals surface area (Å²) in [5.74, 6) is 0. The van der Waals surface area contributed by atoms with Crippen molar-refractivity contribution in [2.24, 2.45) is 5.73 Å². The van der Waals surface area contributed by atoms with Crippen LogP contribution in [0.2, 0.25) is 10.0 Å². The molecule has 20 heavy (non-hydrogen) atoms. The average Bonchev–Trinajstić information content (AvgIpc) is 2.43. The summed E-state index contributed by atoms with van der Waals surface area (Å²) in [4.78, 5) is 5.24. The maximum Gasteiger partial charge on any atom is 0.104 e. The van der Waals surface area contributed by atoms with Crippen molar-refractivity contribution < 1.29 is 5.11 Å². The molecule has 0 aliphatic heterocycles. The predicted molar refractivity (Wildman–Crippen MR) is 83.6 cm³/mol. The van der Waals surface area contributed by atoms with Crippen LogP contribution in [0.4, 0.5) is 0 Å². The molecular formula is C14H14Cl2N2OS. The van der Waals surface area contributed by atoms with Crippen molar-refractivity contribution in [1.29, 1.82) is 0 Å². The van der Waals surface area contributed by atoms with Crippen LogP contribution in [0.5, 0.6) is 0 Å². The summed E-state index contributed by atoms with van der Waals surface area (Å²) in [6, 6.07) is 8.87. The van der Waals surface area contributed by atoms with Crippen LogP contribution in [-0.2, 0) is 6.42 Å². The highest BCUT2D eigenvalue weighted by Crippen LogP contribution is 2.35. The van der Waals surface area contributed by atoms with Crippen LogP contribution in [0.3, 0.4) is 0 Å². The zero-order valence-electron chi connectivity index (χ0n) is 10.6. The molecule has 1 aromatic carbocycles. The van der Waals surface area contributed by atoms with Crippen molar-refractivity contribution in [3.63, 3.8) is 0 Å². The molecule has 1 unspecified atom stereocenters. The molecule has 3 nitrogen and oxygen atoms in total. The number of benzene rings is 1.